The van der Waals surface area contributed by atoms with Gasteiger partial charge in [0, 0.05) is 12.0 Å². The van der Waals surface area contributed by atoms with Crippen LogP contribution in [0, 0.1) is 0 Å². The molecular weight excluding hydrogens is 603 g/mol. The fraction of sp³-hybridized carbons (Fsp3) is 0.281. The predicted molar refractivity (Wildman–Crippen MR) is 168 cm³/mol. The summed E-state index contributed by atoms with van der Waals surface area (Å²) < 4.78 is 46.0. The van der Waals surface area contributed by atoms with Gasteiger partial charge in [0.2, 0.25) is 5.88 Å². The largest absolute Gasteiger partial charge is 0.515 e. The van der Waals surface area contributed by atoms with Gasteiger partial charge in [-0.25, -0.2) is 27.7 Å². The number of nitrogens with one attached hydrogen (secondary N) is 1. The molecule has 0 aliphatic rings. The van der Waals surface area contributed by atoms with E-state index in [-0.39, 0.29) is 18.1 Å². The highest BCUT2D eigenvalue weighted by atomic mass is 32.2. The highest BCUT2D eigenvalue weighted by molar-refractivity contribution is 7.98. The molecule has 4 aromatic rings. The topological polar surface area (TPSA) is 126 Å². The number of aromatic nitrogens is 2. The van der Waals surface area contributed by atoms with E-state index < -0.39 is 22.3 Å². The molecule has 1 heterocycles. The van der Waals surface area contributed by atoms with E-state index in [0.717, 1.165) is 29.8 Å². The molecule has 0 unspecified atom stereocenters. The number of thioether (sulfide) groups is 1. The minimum absolute atomic E-state index is 0.0596. The molecular formula is C32H35N3O7S2. The van der Waals surface area contributed by atoms with Crippen LogP contribution in [0.1, 0.15) is 43.6 Å². The Kier molecular flexibility index (Phi) is 11.4. The van der Waals surface area contributed by atoms with Crippen molar-refractivity contribution in [2.75, 3.05) is 12.9 Å². The first kappa shape index (κ1) is 32.6. The van der Waals surface area contributed by atoms with Crippen LogP contribution in [0.2, 0.25) is 0 Å². The summed E-state index contributed by atoms with van der Waals surface area (Å²) in [5, 5.41) is 0.592. The van der Waals surface area contributed by atoms with Crippen molar-refractivity contribution in [2.45, 2.75) is 56.2 Å². The van der Waals surface area contributed by atoms with Gasteiger partial charge in [-0.15, -0.1) is 11.8 Å². The molecule has 0 atom stereocenters. The molecule has 44 heavy (non-hydrogen) atoms. The number of carbonyl (C=O) groups is 2. The molecule has 1 aromatic heterocycles. The van der Waals surface area contributed by atoms with Crippen LogP contribution in [0.5, 0.6) is 5.88 Å². The lowest BCUT2D eigenvalue weighted by Gasteiger charge is -2.14. The summed E-state index contributed by atoms with van der Waals surface area (Å²) in [6.45, 7) is 4.30. The Labute approximate surface area is 261 Å². The third kappa shape index (κ3) is 8.42. The Bertz CT molecular complexity index is 1670. The van der Waals surface area contributed by atoms with E-state index >= 15 is 0 Å². The summed E-state index contributed by atoms with van der Waals surface area (Å²) in [6, 6.07) is 22.8. The molecule has 0 spiro atoms. The number of nitrogens with zero attached hydrogens (tertiary/aromatic N) is 2. The maximum absolute atomic E-state index is 13.2. The van der Waals surface area contributed by atoms with Gasteiger partial charge in [0.05, 0.1) is 18.0 Å². The zero-order valence-corrected chi connectivity index (χ0v) is 26.4. The van der Waals surface area contributed by atoms with E-state index in [2.05, 4.69) is 6.92 Å². The SMILES string of the molecule is CCCCc1nc(SC)c(OC(=O)OCC)n1Cc1ccc(-c2ccccc2S(=O)(=O)NC(=O)OCc2ccccc2)cc1. The fourth-order valence-corrected chi connectivity index (χ4v) is 6.08. The van der Waals surface area contributed by atoms with Crippen LogP contribution >= 0.6 is 11.8 Å². The molecule has 0 bridgehead atoms. The number of ether oxygens (including phenoxy) is 3. The highest BCUT2D eigenvalue weighted by Crippen LogP contribution is 2.32. The van der Waals surface area contributed by atoms with Gasteiger partial charge in [0.25, 0.3) is 10.0 Å². The minimum Gasteiger partial charge on any atom is -0.444 e. The normalized spacial score (nSPS) is 11.2. The van der Waals surface area contributed by atoms with Crippen LogP contribution in [0.3, 0.4) is 0 Å². The van der Waals surface area contributed by atoms with Crippen LogP contribution in [0.15, 0.2) is 88.8 Å². The summed E-state index contributed by atoms with van der Waals surface area (Å²) in [4.78, 5) is 29.2. The molecule has 1 N–H and O–H groups in total. The Balaban J connectivity index is 1.56. The van der Waals surface area contributed by atoms with Crippen molar-refractivity contribution in [2.24, 2.45) is 0 Å². The van der Waals surface area contributed by atoms with Crippen LogP contribution in [-0.4, -0.2) is 43.1 Å². The zero-order chi connectivity index (χ0) is 31.5. The molecule has 232 valence electrons. The third-order valence-corrected chi connectivity index (χ3v) is 8.60. The standard InChI is InChI=1S/C32H35N3O7S2/c1-4-6-16-28-33-29(43-3)30(42-32(37)40-5-2)35(28)21-23-17-19-25(20-18-23)26-14-10-11-15-27(26)44(38,39)34-31(36)41-22-24-12-8-7-9-13-24/h7-15,17-20H,4-6,16,21-22H2,1-3H3,(H,34,36). The average Bonchev–Trinajstić information content (AvgIpc) is 3.35. The molecule has 4 rings (SSSR count). The van der Waals surface area contributed by atoms with Crippen molar-refractivity contribution < 1.29 is 32.2 Å². The summed E-state index contributed by atoms with van der Waals surface area (Å²) >= 11 is 1.38. The lowest BCUT2D eigenvalue weighted by Crippen LogP contribution is -2.31. The molecule has 0 saturated heterocycles. The van der Waals surface area contributed by atoms with Gasteiger partial charge >= 0.3 is 12.2 Å². The molecule has 10 nitrogen and oxygen atoms in total. The summed E-state index contributed by atoms with van der Waals surface area (Å²) in [5.41, 5.74) is 2.67. The molecule has 0 fully saturated rings. The lowest BCUT2D eigenvalue weighted by atomic mass is 10.0. The number of aryl methyl sites for hydroxylation is 1. The van der Waals surface area contributed by atoms with Crippen LogP contribution in [0.25, 0.3) is 11.1 Å². The highest BCUT2D eigenvalue weighted by Gasteiger charge is 2.24. The fourth-order valence-electron chi connectivity index (χ4n) is 4.43. The van der Waals surface area contributed by atoms with Gasteiger partial charge in [-0.3, -0.25) is 4.57 Å². The van der Waals surface area contributed by atoms with Gasteiger partial charge in [0.15, 0.2) is 5.03 Å². The lowest BCUT2D eigenvalue weighted by molar-refractivity contribution is 0.0998. The molecule has 3 aromatic carbocycles. The number of benzene rings is 3. The van der Waals surface area contributed by atoms with Crippen LogP contribution in [-0.2, 0) is 39.1 Å². The Morgan fingerprint density at radius 1 is 0.909 bits per heavy atom. The number of carbonyl (C=O) groups excluding carboxylic acids is 2. The second-order valence-electron chi connectivity index (χ2n) is 9.68. The number of hydrogen-bond acceptors (Lipinski definition) is 9. The second kappa shape index (κ2) is 15.4. The maximum Gasteiger partial charge on any atom is 0.515 e. The second-order valence-corrected chi connectivity index (χ2v) is 12.1. The quantitative estimate of drug-likeness (QED) is 0.124. The van der Waals surface area contributed by atoms with Crippen molar-refractivity contribution in [1.29, 1.82) is 0 Å². The number of unbranched alkanes of at least 4 members (excludes halogenated alkanes) is 1. The van der Waals surface area contributed by atoms with Crippen LogP contribution < -0.4 is 9.46 Å². The van der Waals surface area contributed by atoms with E-state index in [4.69, 9.17) is 19.2 Å². The third-order valence-electron chi connectivity index (χ3n) is 6.57. The van der Waals surface area contributed by atoms with Gasteiger partial charge in [-0.2, -0.15) is 0 Å². The van der Waals surface area contributed by atoms with Gasteiger partial charge in [0.1, 0.15) is 12.4 Å². The molecule has 1 amide bonds. The monoisotopic (exact) mass is 637 g/mol. The van der Waals surface area contributed by atoms with Crippen molar-refractivity contribution in [3.05, 3.63) is 95.8 Å². The number of amides is 1. The molecule has 0 aliphatic heterocycles. The number of imidazole rings is 1. The summed E-state index contributed by atoms with van der Waals surface area (Å²) in [6.07, 6.45) is 2.61. The van der Waals surface area contributed by atoms with E-state index in [9.17, 15) is 18.0 Å². The van der Waals surface area contributed by atoms with E-state index in [1.54, 1.807) is 61.5 Å². The van der Waals surface area contributed by atoms with Crippen LogP contribution in [0.4, 0.5) is 9.59 Å². The molecule has 0 aliphatic carbocycles. The van der Waals surface area contributed by atoms with E-state index in [0.29, 0.717) is 35.0 Å². The van der Waals surface area contributed by atoms with Gasteiger partial charge in [-0.05, 0) is 42.4 Å². The minimum atomic E-state index is -4.24. The van der Waals surface area contributed by atoms with Gasteiger partial charge < -0.3 is 14.2 Å². The zero-order valence-electron chi connectivity index (χ0n) is 24.8. The van der Waals surface area contributed by atoms with E-state index in [1.165, 1.54) is 17.8 Å². The first-order valence-corrected chi connectivity index (χ1v) is 16.9. The Morgan fingerprint density at radius 3 is 2.30 bits per heavy atom. The summed E-state index contributed by atoms with van der Waals surface area (Å²) in [5.74, 6) is 1.12. The van der Waals surface area contributed by atoms with Crippen molar-refractivity contribution in [1.82, 2.24) is 14.3 Å². The summed E-state index contributed by atoms with van der Waals surface area (Å²) in [7, 11) is -4.24. The Hall–Kier alpha value is -4.29. The van der Waals surface area contributed by atoms with Crippen molar-refractivity contribution in [3.8, 4) is 17.0 Å². The average molecular weight is 638 g/mol. The first-order chi connectivity index (χ1) is 21.2. The number of rotatable bonds is 13. The molecule has 0 saturated carbocycles. The van der Waals surface area contributed by atoms with Crippen molar-refractivity contribution >= 4 is 34.0 Å². The maximum atomic E-state index is 13.2. The first-order valence-electron chi connectivity index (χ1n) is 14.2. The number of hydrogen-bond donors (Lipinski definition) is 1. The van der Waals surface area contributed by atoms with Gasteiger partial charge in [-0.1, -0.05) is 86.1 Å². The predicted octanol–water partition coefficient (Wildman–Crippen LogP) is 6.81. The molecule has 12 heteroatoms. The smallest absolute Gasteiger partial charge is 0.444 e. The number of sulfonamides is 1. The molecule has 0 radical (unpaired) electrons. The Morgan fingerprint density at radius 2 is 1.61 bits per heavy atom. The van der Waals surface area contributed by atoms with E-state index in [1.807, 2.05) is 33.7 Å². The van der Waals surface area contributed by atoms with Crippen molar-refractivity contribution in [3.63, 3.8) is 0 Å².